The van der Waals surface area contributed by atoms with Crippen molar-refractivity contribution in [3.63, 3.8) is 0 Å². The summed E-state index contributed by atoms with van der Waals surface area (Å²) in [5, 5.41) is 4.62. The monoisotopic (exact) mass is 728 g/mol. The average Bonchev–Trinajstić information content (AvgIpc) is 3.83. The molecule has 3 nitrogen and oxygen atoms in total. The van der Waals surface area contributed by atoms with Crippen LogP contribution in [0.3, 0.4) is 0 Å². The van der Waals surface area contributed by atoms with E-state index in [2.05, 4.69) is 216 Å². The Hall–Kier alpha value is -7.62. The Morgan fingerprint density at radius 2 is 0.877 bits per heavy atom. The molecular weight excluding hydrogens is 693 g/mol. The van der Waals surface area contributed by atoms with Gasteiger partial charge in [0.2, 0.25) is 0 Å². The summed E-state index contributed by atoms with van der Waals surface area (Å²) in [6, 6.07) is 78.3. The van der Waals surface area contributed by atoms with Crippen molar-refractivity contribution in [2.45, 2.75) is 0 Å². The quantitative estimate of drug-likeness (QED) is 0.163. The second-order valence-electron chi connectivity index (χ2n) is 14.4. The number of anilines is 3. The van der Waals surface area contributed by atoms with E-state index in [0.717, 1.165) is 78.0 Å². The van der Waals surface area contributed by atoms with E-state index in [1.807, 2.05) is 12.1 Å². The van der Waals surface area contributed by atoms with Gasteiger partial charge in [-0.05, 0) is 82.4 Å². The molecule has 0 bridgehead atoms. The Bertz CT molecular complexity index is 3190. The smallest absolute Gasteiger partial charge is 0.135 e. The predicted molar refractivity (Wildman–Crippen MR) is 239 cm³/mol. The summed E-state index contributed by atoms with van der Waals surface area (Å²) >= 11 is 0. The molecule has 0 saturated heterocycles. The van der Waals surface area contributed by atoms with E-state index in [0.29, 0.717) is 0 Å². The lowest BCUT2D eigenvalue weighted by atomic mass is 9.87. The standard InChI is InChI=1S/C54H36N2O/c1-3-18-37(19-4-1)40-22-7-8-26-45(40)54-41(38-20-5-2-6-21-38)27-17-32-51(54)55(39-34-35-53-46(36-39)44-25-11-16-33-52(44)57-53)49-30-14-15-31-50(49)56-47-28-12-9-23-42(47)43-24-10-13-29-48(43)56/h1-36H. The van der Waals surface area contributed by atoms with Gasteiger partial charge in [0.05, 0.1) is 28.1 Å². The van der Waals surface area contributed by atoms with Gasteiger partial charge in [0.1, 0.15) is 11.2 Å². The topological polar surface area (TPSA) is 21.3 Å². The highest BCUT2D eigenvalue weighted by Gasteiger charge is 2.26. The van der Waals surface area contributed by atoms with Gasteiger partial charge >= 0.3 is 0 Å². The molecule has 2 heterocycles. The van der Waals surface area contributed by atoms with Gasteiger partial charge in [0, 0.05) is 32.8 Å². The molecular formula is C54H36N2O. The van der Waals surface area contributed by atoms with Gasteiger partial charge in [-0.25, -0.2) is 0 Å². The van der Waals surface area contributed by atoms with Crippen LogP contribution in [0.1, 0.15) is 0 Å². The van der Waals surface area contributed by atoms with Crippen LogP contribution in [0.25, 0.3) is 82.8 Å². The molecule has 0 atom stereocenters. The average molecular weight is 729 g/mol. The van der Waals surface area contributed by atoms with Crippen molar-refractivity contribution in [3.8, 4) is 39.1 Å². The van der Waals surface area contributed by atoms with E-state index in [4.69, 9.17) is 4.42 Å². The van der Waals surface area contributed by atoms with Gasteiger partial charge in [0.15, 0.2) is 0 Å². The number of nitrogens with zero attached hydrogens (tertiary/aromatic N) is 2. The molecule has 9 aromatic carbocycles. The Kier molecular flexibility index (Phi) is 7.82. The Labute approximate surface area is 330 Å². The van der Waals surface area contributed by atoms with Crippen molar-refractivity contribution in [1.29, 1.82) is 0 Å². The third kappa shape index (κ3) is 5.43. The highest BCUT2D eigenvalue weighted by atomic mass is 16.3. The summed E-state index contributed by atoms with van der Waals surface area (Å²) in [6.45, 7) is 0. The van der Waals surface area contributed by atoms with Crippen molar-refractivity contribution >= 4 is 60.8 Å². The zero-order chi connectivity index (χ0) is 37.7. The van der Waals surface area contributed by atoms with Crippen molar-refractivity contribution in [2.75, 3.05) is 4.90 Å². The number of hydrogen-bond donors (Lipinski definition) is 0. The first-order valence-electron chi connectivity index (χ1n) is 19.4. The maximum absolute atomic E-state index is 6.39. The van der Waals surface area contributed by atoms with Gasteiger partial charge < -0.3 is 13.9 Å². The Balaban J connectivity index is 1.27. The largest absolute Gasteiger partial charge is 0.456 e. The molecule has 0 amide bonds. The first-order chi connectivity index (χ1) is 28.3. The fourth-order valence-corrected chi connectivity index (χ4v) is 8.72. The second kappa shape index (κ2) is 13.6. The summed E-state index contributed by atoms with van der Waals surface area (Å²) < 4.78 is 8.82. The lowest BCUT2D eigenvalue weighted by molar-refractivity contribution is 0.669. The predicted octanol–water partition coefficient (Wildman–Crippen LogP) is 15.2. The minimum absolute atomic E-state index is 0.864. The zero-order valence-corrected chi connectivity index (χ0v) is 31.1. The van der Waals surface area contributed by atoms with Gasteiger partial charge in [-0.1, -0.05) is 164 Å². The van der Waals surface area contributed by atoms with Crippen LogP contribution in [0.4, 0.5) is 17.1 Å². The number of furan rings is 1. The summed E-state index contributed by atoms with van der Waals surface area (Å²) in [6.07, 6.45) is 0. The molecule has 57 heavy (non-hydrogen) atoms. The Morgan fingerprint density at radius 1 is 0.351 bits per heavy atom. The molecule has 0 saturated carbocycles. The van der Waals surface area contributed by atoms with Gasteiger partial charge in [-0.15, -0.1) is 0 Å². The van der Waals surface area contributed by atoms with Crippen LogP contribution >= 0.6 is 0 Å². The van der Waals surface area contributed by atoms with E-state index in [1.54, 1.807) is 0 Å². The number of rotatable bonds is 7. The van der Waals surface area contributed by atoms with Crippen LogP contribution < -0.4 is 4.90 Å². The fourth-order valence-electron chi connectivity index (χ4n) is 8.72. The van der Waals surface area contributed by atoms with E-state index in [1.165, 1.54) is 21.9 Å². The van der Waals surface area contributed by atoms with E-state index >= 15 is 0 Å². The van der Waals surface area contributed by atoms with Crippen LogP contribution in [0.2, 0.25) is 0 Å². The molecule has 11 aromatic rings. The fraction of sp³-hybridized carbons (Fsp3) is 0. The highest BCUT2D eigenvalue weighted by Crippen LogP contribution is 2.50. The molecule has 2 aromatic heterocycles. The van der Waals surface area contributed by atoms with Crippen molar-refractivity contribution in [1.82, 2.24) is 4.57 Å². The number of fused-ring (bicyclic) bond motifs is 6. The van der Waals surface area contributed by atoms with Crippen LogP contribution in [0, 0.1) is 0 Å². The summed E-state index contributed by atoms with van der Waals surface area (Å²) in [4.78, 5) is 2.46. The van der Waals surface area contributed by atoms with E-state index in [-0.39, 0.29) is 0 Å². The second-order valence-corrected chi connectivity index (χ2v) is 14.4. The van der Waals surface area contributed by atoms with E-state index < -0.39 is 0 Å². The minimum Gasteiger partial charge on any atom is -0.456 e. The van der Waals surface area contributed by atoms with Crippen LogP contribution in [-0.2, 0) is 0 Å². The normalized spacial score (nSPS) is 11.5. The van der Waals surface area contributed by atoms with Crippen LogP contribution in [0.5, 0.6) is 0 Å². The molecule has 0 unspecified atom stereocenters. The summed E-state index contributed by atoms with van der Waals surface area (Å²) in [5.41, 5.74) is 15.3. The number of para-hydroxylation sites is 5. The molecule has 0 N–H and O–H groups in total. The molecule has 0 spiro atoms. The van der Waals surface area contributed by atoms with Crippen LogP contribution in [-0.4, -0.2) is 4.57 Å². The molecule has 0 aliphatic carbocycles. The first-order valence-corrected chi connectivity index (χ1v) is 19.4. The van der Waals surface area contributed by atoms with Gasteiger partial charge in [-0.3, -0.25) is 0 Å². The van der Waals surface area contributed by atoms with Gasteiger partial charge in [-0.2, -0.15) is 0 Å². The molecule has 0 radical (unpaired) electrons. The molecule has 268 valence electrons. The highest BCUT2D eigenvalue weighted by molar-refractivity contribution is 6.11. The third-order valence-corrected chi connectivity index (χ3v) is 11.2. The molecule has 0 aliphatic heterocycles. The lowest BCUT2D eigenvalue weighted by Crippen LogP contribution is -2.14. The maximum Gasteiger partial charge on any atom is 0.135 e. The maximum atomic E-state index is 6.39. The zero-order valence-electron chi connectivity index (χ0n) is 31.1. The number of aromatic nitrogens is 1. The summed E-state index contributed by atoms with van der Waals surface area (Å²) in [7, 11) is 0. The first kappa shape index (κ1) is 32.8. The van der Waals surface area contributed by atoms with Crippen molar-refractivity contribution in [2.24, 2.45) is 0 Å². The van der Waals surface area contributed by atoms with Crippen LogP contribution in [0.15, 0.2) is 223 Å². The molecule has 3 heteroatoms. The molecule has 11 rings (SSSR count). The molecule has 0 fully saturated rings. The summed E-state index contributed by atoms with van der Waals surface area (Å²) in [5.74, 6) is 0. The van der Waals surface area contributed by atoms with E-state index in [9.17, 15) is 0 Å². The Morgan fingerprint density at radius 3 is 1.61 bits per heavy atom. The number of hydrogen-bond acceptors (Lipinski definition) is 2. The SMILES string of the molecule is c1ccc(-c2ccccc2-c2c(-c3ccccc3)cccc2N(c2ccc3oc4ccccc4c3c2)c2ccccc2-n2c3ccccc3c3ccccc32)cc1. The minimum atomic E-state index is 0.864. The molecule has 0 aliphatic rings. The van der Waals surface area contributed by atoms with Crippen molar-refractivity contribution < 1.29 is 4.42 Å². The van der Waals surface area contributed by atoms with Gasteiger partial charge in [0.25, 0.3) is 0 Å². The lowest BCUT2D eigenvalue weighted by Gasteiger charge is -2.31. The number of benzene rings is 9. The van der Waals surface area contributed by atoms with Crippen molar-refractivity contribution in [3.05, 3.63) is 218 Å². The third-order valence-electron chi connectivity index (χ3n) is 11.2.